The second-order valence-electron chi connectivity index (χ2n) is 8.19. The molecule has 9 nitrogen and oxygen atoms in total. The molecule has 0 atom stereocenters. The van der Waals surface area contributed by atoms with E-state index in [-0.39, 0.29) is 23.5 Å². The molecule has 196 valence electrons. The number of nitrogens with zero attached hydrogens (tertiary/aromatic N) is 5. The van der Waals surface area contributed by atoms with E-state index >= 15 is 0 Å². The summed E-state index contributed by atoms with van der Waals surface area (Å²) in [7, 11) is -2.78. The second kappa shape index (κ2) is 9.71. The first-order valence-electron chi connectivity index (χ1n) is 10.9. The molecule has 0 spiro atoms. The van der Waals surface area contributed by atoms with Crippen LogP contribution in [-0.2, 0) is 36.1 Å². The van der Waals surface area contributed by atoms with E-state index in [4.69, 9.17) is 11.6 Å². The Morgan fingerprint density at radius 3 is 2.41 bits per heavy atom. The maximum absolute atomic E-state index is 13.3. The zero-order chi connectivity index (χ0) is 27.1. The average Bonchev–Trinajstić information content (AvgIpc) is 3.41. The van der Waals surface area contributed by atoms with Crippen molar-refractivity contribution in [1.29, 1.82) is 0 Å². The van der Waals surface area contributed by atoms with Crippen LogP contribution in [0.2, 0.25) is 5.02 Å². The lowest BCUT2D eigenvalue weighted by Crippen LogP contribution is -2.37. The minimum Gasteiger partial charge on any atom is -0.464 e. The standard InChI is InChI=1S/C23H21ClF3N5O4S/c1-3-20-29-18-10-16(23(25,26)27)17(24)11-19(18)32(20)15-6-4-14(5-7-15)8-9-31(22(33)34)37(35,36)21-12-30(2)13-28-21/h4-7,10-13H,3,8-9H2,1-2H3,(H,33,34). The van der Waals surface area contributed by atoms with E-state index in [0.29, 0.717) is 33.3 Å². The quantitative estimate of drug-likeness (QED) is 0.347. The summed E-state index contributed by atoms with van der Waals surface area (Å²) in [5.74, 6) is 0.525. The molecule has 4 aromatic rings. The molecule has 37 heavy (non-hydrogen) atoms. The van der Waals surface area contributed by atoms with Gasteiger partial charge in [-0.2, -0.15) is 25.9 Å². The van der Waals surface area contributed by atoms with Crippen molar-refractivity contribution < 1.29 is 31.5 Å². The molecule has 14 heteroatoms. The van der Waals surface area contributed by atoms with Gasteiger partial charge in [0, 0.05) is 31.9 Å². The van der Waals surface area contributed by atoms with Gasteiger partial charge >= 0.3 is 12.3 Å². The Kier molecular flexibility index (Phi) is 6.95. The van der Waals surface area contributed by atoms with Gasteiger partial charge < -0.3 is 9.67 Å². The van der Waals surface area contributed by atoms with Crippen molar-refractivity contribution in [3.63, 3.8) is 0 Å². The summed E-state index contributed by atoms with van der Waals surface area (Å²) in [4.78, 5) is 19.8. The molecular weight excluding hydrogens is 535 g/mol. The molecule has 0 aliphatic rings. The van der Waals surface area contributed by atoms with Gasteiger partial charge in [-0.25, -0.2) is 14.8 Å². The van der Waals surface area contributed by atoms with E-state index in [2.05, 4.69) is 9.97 Å². The van der Waals surface area contributed by atoms with Gasteiger partial charge in [0.2, 0.25) is 0 Å². The normalized spacial score (nSPS) is 12.3. The van der Waals surface area contributed by atoms with Crippen LogP contribution in [0, 0.1) is 0 Å². The number of fused-ring (bicyclic) bond motifs is 1. The number of aromatic nitrogens is 4. The number of hydrogen-bond donors (Lipinski definition) is 1. The summed E-state index contributed by atoms with van der Waals surface area (Å²) in [6.45, 7) is 1.48. The Bertz CT molecular complexity index is 1580. The predicted octanol–water partition coefficient (Wildman–Crippen LogP) is 4.91. The fourth-order valence-electron chi connectivity index (χ4n) is 3.89. The van der Waals surface area contributed by atoms with Crippen LogP contribution in [-0.4, -0.2) is 49.6 Å². The highest BCUT2D eigenvalue weighted by molar-refractivity contribution is 7.89. The number of carbonyl (C=O) groups is 1. The van der Waals surface area contributed by atoms with Gasteiger partial charge in [-0.05, 0) is 36.2 Å². The van der Waals surface area contributed by atoms with Crippen molar-refractivity contribution in [3.8, 4) is 5.69 Å². The highest BCUT2D eigenvalue weighted by Crippen LogP contribution is 2.37. The van der Waals surface area contributed by atoms with Crippen molar-refractivity contribution in [1.82, 2.24) is 23.4 Å². The molecule has 2 heterocycles. The van der Waals surface area contributed by atoms with Crippen molar-refractivity contribution in [3.05, 3.63) is 70.9 Å². The van der Waals surface area contributed by atoms with E-state index < -0.39 is 32.9 Å². The van der Waals surface area contributed by atoms with Crippen molar-refractivity contribution in [2.45, 2.75) is 31.0 Å². The molecule has 0 bridgehead atoms. The fourth-order valence-corrected chi connectivity index (χ4v) is 5.39. The number of carboxylic acid groups (broad SMARTS) is 1. The number of aryl methyl sites for hydroxylation is 2. The summed E-state index contributed by atoms with van der Waals surface area (Å²) >= 11 is 5.94. The molecule has 1 amide bonds. The molecule has 4 rings (SSSR count). The number of sulfonamides is 1. The van der Waals surface area contributed by atoms with Gasteiger partial charge in [0.25, 0.3) is 10.0 Å². The van der Waals surface area contributed by atoms with E-state index in [9.17, 15) is 31.5 Å². The number of hydrogen-bond acceptors (Lipinski definition) is 5. The Balaban J connectivity index is 1.61. The van der Waals surface area contributed by atoms with Crippen LogP contribution in [0.1, 0.15) is 23.9 Å². The van der Waals surface area contributed by atoms with Gasteiger partial charge in [0.15, 0.2) is 5.03 Å². The lowest BCUT2D eigenvalue weighted by atomic mass is 10.1. The third-order valence-corrected chi connectivity index (χ3v) is 7.65. The Morgan fingerprint density at radius 1 is 1.19 bits per heavy atom. The predicted molar refractivity (Wildman–Crippen MR) is 129 cm³/mol. The Morgan fingerprint density at radius 2 is 1.86 bits per heavy atom. The SMILES string of the molecule is CCc1nc2cc(C(F)(F)F)c(Cl)cc2n1-c1ccc(CCN(C(=O)O)S(=O)(=O)c2cn(C)cn2)cc1. The highest BCUT2D eigenvalue weighted by atomic mass is 35.5. The molecule has 1 N–H and O–H groups in total. The van der Waals surface area contributed by atoms with Gasteiger partial charge in [-0.3, -0.25) is 4.57 Å². The number of halogens is 4. The molecule has 0 saturated heterocycles. The third-order valence-electron chi connectivity index (χ3n) is 5.68. The molecule has 2 aromatic carbocycles. The number of benzene rings is 2. The highest BCUT2D eigenvalue weighted by Gasteiger charge is 2.34. The summed E-state index contributed by atoms with van der Waals surface area (Å²) in [6.07, 6.45) is -3.25. The van der Waals surface area contributed by atoms with Crippen LogP contribution in [0.15, 0.2) is 53.9 Å². The van der Waals surface area contributed by atoms with Gasteiger partial charge in [0.05, 0.1) is 27.9 Å². The van der Waals surface area contributed by atoms with Crippen LogP contribution in [0.25, 0.3) is 16.7 Å². The number of alkyl halides is 3. The zero-order valence-corrected chi connectivity index (χ0v) is 21.1. The fraction of sp³-hybridized carbons (Fsp3) is 0.261. The van der Waals surface area contributed by atoms with Gasteiger partial charge in [0.1, 0.15) is 5.82 Å². The van der Waals surface area contributed by atoms with Crippen LogP contribution >= 0.6 is 11.6 Å². The number of amides is 1. The molecule has 2 aromatic heterocycles. The molecule has 0 fully saturated rings. The van der Waals surface area contributed by atoms with Crippen LogP contribution < -0.4 is 0 Å². The lowest BCUT2D eigenvalue weighted by molar-refractivity contribution is -0.137. The largest absolute Gasteiger partial charge is 0.464 e. The maximum Gasteiger partial charge on any atom is 0.421 e. The van der Waals surface area contributed by atoms with Gasteiger partial charge in [-0.1, -0.05) is 30.7 Å². The zero-order valence-electron chi connectivity index (χ0n) is 19.6. The average molecular weight is 556 g/mol. The molecule has 0 aliphatic heterocycles. The summed E-state index contributed by atoms with van der Waals surface area (Å²) in [5, 5.41) is 8.68. The molecular formula is C23H21ClF3N5O4S. The number of imidazole rings is 2. The lowest BCUT2D eigenvalue weighted by Gasteiger charge is -2.18. The maximum atomic E-state index is 13.3. The van der Waals surface area contributed by atoms with Crippen molar-refractivity contribution in [2.75, 3.05) is 6.54 Å². The van der Waals surface area contributed by atoms with Crippen LogP contribution in [0.3, 0.4) is 0 Å². The monoisotopic (exact) mass is 555 g/mol. The minimum atomic E-state index is -4.61. The van der Waals surface area contributed by atoms with Crippen LogP contribution in [0.5, 0.6) is 0 Å². The summed E-state index contributed by atoms with van der Waals surface area (Å²) in [5.41, 5.74) is 0.838. The molecule has 0 aliphatic carbocycles. The topological polar surface area (TPSA) is 110 Å². The molecule has 0 unspecified atom stereocenters. The van der Waals surface area contributed by atoms with E-state index in [1.165, 1.54) is 23.2 Å². The van der Waals surface area contributed by atoms with Crippen molar-refractivity contribution in [2.24, 2.45) is 7.05 Å². The van der Waals surface area contributed by atoms with E-state index in [1.54, 1.807) is 35.9 Å². The van der Waals surface area contributed by atoms with Crippen LogP contribution in [0.4, 0.5) is 18.0 Å². The van der Waals surface area contributed by atoms with E-state index in [1.807, 2.05) is 6.92 Å². The Hall–Kier alpha value is -3.58. The third kappa shape index (κ3) is 5.14. The number of rotatable bonds is 7. The van der Waals surface area contributed by atoms with Crippen molar-refractivity contribution >= 4 is 38.8 Å². The Labute approximate surface area is 214 Å². The summed E-state index contributed by atoms with van der Waals surface area (Å²) in [6, 6.07) is 8.90. The smallest absolute Gasteiger partial charge is 0.421 e. The second-order valence-corrected chi connectivity index (χ2v) is 10.4. The first kappa shape index (κ1) is 26.5. The molecule has 0 radical (unpaired) electrons. The minimum absolute atomic E-state index is 0.0880. The first-order chi connectivity index (χ1) is 17.3. The van der Waals surface area contributed by atoms with Gasteiger partial charge in [-0.15, -0.1) is 0 Å². The summed E-state index contributed by atoms with van der Waals surface area (Å²) < 4.78 is 68.7. The molecule has 0 saturated carbocycles. The van der Waals surface area contributed by atoms with E-state index in [0.717, 1.165) is 6.07 Å². The first-order valence-corrected chi connectivity index (χ1v) is 12.8.